The minimum Gasteiger partial charge on any atom is -0.485 e. The zero-order chi connectivity index (χ0) is 24.8. The fourth-order valence-corrected chi connectivity index (χ4v) is 3.60. The van der Waals surface area contributed by atoms with Gasteiger partial charge in [-0.25, -0.2) is 13.8 Å². The predicted octanol–water partition coefficient (Wildman–Crippen LogP) is 3.21. The molecular formula is C24H28F2N4O4. The minimum absolute atomic E-state index is 0.185. The lowest BCUT2D eigenvalue weighted by Crippen LogP contribution is -2.32. The van der Waals surface area contributed by atoms with Crippen LogP contribution in [0.3, 0.4) is 0 Å². The number of hydrogen-bond acceptors (Lipinski definition) is 6. The van der Waals surface area contributed by atoms with E-state index in [0.717, 1.165) is 5.56 Å². The van der Waals surface area contributed by atoms with Crippen molar-refractivity contribution < 1.29 is 27.8 Å². The molecule has 0 fully saturated rings. The van der Waals surface area contributed by atoms with Crippen LogP contribution < -0.4 is 15.8 Å². The smallest absolute Gasteiger partial charge is 0.322 e. The Morgan fingerprint density at radius 3 is 2.59 bits per heavy atom. The van der Waals surface area contributed by atoms with Gasteiger partial charge in [0.1, 0.15) is 30.0 Å². The van der Waals surface area contributed by atoms with Crippen LogP contribution in [-0.2, 0) is 16.1 Å². The largest absolute Gasteiger partial charge is 0.485 e. The molecule has 2 aromatic heterocycles. The first-order valence-corrected chi connectivity index (χ1v) is 10.9. The quantitative estimate of drug-likeness (QED) is 0.345. The number of carbonyl (C=O) groups is 2. The molecule has 10 heteroatoms. The normalized spacial score (nSPS) is 11.9. The zero-order valence-electron chi connectivity index (χ0n) is 19.4. The van der Waals surface area contributed by atoms with E-state index in [0.29, 0.717) is 48.6 Å². The highest BCUT2D eigenvalue weighted by atomic mass is 19.1. The van der Waals surface area contributed by atoms with Gasteiger partial charge >= 0.3 is 5.97 Å². The van der Waals surface area contributed by atoms with Crippen LogP contribution in [0.5, 0.6) is 5.75 Å². The van der Waals surface area contributed by atoms with Crippen LogP contribution in [0.4, 0.5) is 8.78 Å². The molecule has 0 unspecified atom stereocenters. The molecule has 0 radical (unpaired) electrons. The average molecular weight is 475 g/mol. The van der Waals surface area contributed by atoms with E-state index in [2.05, 4.69) is 15.0 Å². The molecule has 1 aromatic carbocycles. The number of nitrogens with two attached hydrogens (primary N) is 1. The van der Waals surface area contributed by atoms with Gasteiger partial charge in [0.25, 0.3) is 5.91 Å². The number of pyridine rings is 1. The minimum atomic E-state index is -0.698. The molecule has 0 saturated carbocycles. The molecule has 1 atom stereocenters. The highest BCUT2D eigenvalue weighted by Gasteiger charge is 2.20. The Bertz CT molecular complexity index is 1180. The van der Waals surface area contributed by atoms with Gasteiger partial charge < -0.3 is 20.5 Å². The Labute approximate surface area is 196 Å². The number of ether oxygens (including phenoxy) is 2. The SMILES string of the molecule is COC(=O)[C@@H](N)CCCCNC(=O)c1c(C)nc2c(OCc3c(F)cccc3F)cc(C)cn12. The topological polar surface area (TPSA) is 108 Å². The van der Waals surface area contributed by atoms with E-state index in [-0.39, 0.29) is 18.1 Å². The zero-order valence-corrected chi connectivity index (χ0v) is 19.4. The third-order valence-corrected chi connectivity index (χ3v) is 5.38. The molecule has 0 aliphatic heterocycles. The molecule has 0 aliphatic carbocycles. The second-order valence-corrected chi connectivity index (χ2v) is 7.99. The number of benzene rings is 1. The van der Waals surface area contributed by atoms with Gasteiger partial charge in [-0.2, -0.15) is 0 Å². The number of amides is 1. The number of unbranched alkanes of at least 4 members (excludes halogenated alkanes) is 1. The van der Waals surface area contributed by atoms with Gasteiger partial charge in [-0.15, -0.1) is 0 Å². The van der Waals surface area contributed by atoms with Gasteiger partial charge in [0.15, 0.2) is 11.4 Å². The van der Waals surface area contributed by atoms with Gasteiger partial charge in [0.2, 0.25) is 0 Å². The first-order chi connectivity index (χ1) is 16.2. The molecule has 0 saturated heterocycles. The van der Waals surface area contributed by atoms with E-state index in [4.69, 9.17) is 10.5 Å². The number of aryl methyl sites for hydroxylation is 2. The summed E-state index contributed by atoms with van der Waals surface area (Å²) in [5, 5.41) is 2.85. The number of esters is 1. The lowest BCUT2D eigenvalue weighted by molar-refractivity contribution is -0.142. The van der Waals surface area contributed by atoms with Crippen molar-refractivity contribution >= 4 is 17.5 Å². The van der Waals surface area contributed by atoms with E-state index < -0.39 is 23.6 Å². The van der Waals surface area contributed by atoms with Crippen LogP contribution in [0, 0.1) is 25.5 Å². The van der Waals surface area contributed by atoms with Crippen molar-refractivity contribution in [2.45, 2.75) is 45.8 Å². The number of halogens is 2. The van der Waals surface area contributed by atoms with Crippen LogP contribution in [0.2, 0.25) is 0 Å². The molecular weight excluding hydrogens is 446 g/mol. The van der Waals surface area contributed by atoms with E-state index in [9.17, 15) is 18.4 Å². The summed E-state index contributed by atoms with van der Waals surface area (Å²) in [5.74, 6) is -1.87. The van der Waals surface area contributed by atoms with Gasteiger partial charge in [-0.3, -0.25) is 14.0 Å². The summed E-state index contributed by atoms with van der Waals surface area (Å²) in [6.45, 7) is 3.59. The Kier molecular flexibility index (Phi) is 8.17. The Hall–Kier alpha value is -3.53. The molecule has 8 nitrogen and oxygen atoms in total. The molecule has 182 valence electrons. The number of nitrogens with zero attached hydrogens (tertiary/aromatic N) is 2. The monoisotopic (exact) mass is 474 g/mol. The lowest BCUT2D eigenvalue weighted by atomic mass is 10.1. The molecule has 1 amide bonds. The number of imidazole rings is 1. The van der Waals surface area contributed by atoms with Crippen molar-refractivity contribution in [1.82, 2.24) is 14.7 Å². The maximum absolute atomic E-state index is 14.0. The standard InChI is InChI=1S/C24H28F2N4O4/c1-14-11-20(34-13-16-17(25)7-6-8-18(16)26)22-29-15(2)21(30(22)12-14)23(31)28-10-5-4-9-19(27)24(32)33-3/h6-8,11-12,19H,4-5,9-10,13,27H2,1-3H3,(H,28,31)/t19-/m0/s1. The van der Waals surface area contributed by atoms with Crippen molar-refractivity contribution in [2.75, 3.05) is 13.7 Å². The molecule has 3 rings (SSSR count). The van der Waals surface area contributed by atoms with Crippen molar-refractivity contribution in [2.24, 2.45) is 5.73 Å². The van der Waals surface area contributed by atoms with Crippen molar-refractivity contribution in [3.8, 4) is 5.75 Å². The Morgan fingerprint density at radius 1 is 1.21 bits per heavy atom. The molecule has 0 spiro atoms. The Morgan fingerprint density at radius 2 is 1.91 bits per heavy atom. The maximum atomic E-state index is 14.0. The molecule has 3 N–H and O–H groups in total. The van der Waals surface area contributed by atoms with Crippen LogP contribution in [0.15, 0.2) is 30.5 Å². The summed E-state index contributed by atoms with van der Waals surface area (Å²) < 4.78 is 39.9. The van der Waals surface area contributed by atoms with Crippen molar-refractivity contribution in [3.63, 3.8) is 0 Å². The van der Waals surface area contributed by atoms with Gasteiger partial charge in [0.05, 0.1) is 18.4 Å². The first kappa shape index (κ1) is 25.1. The number of fused-ring (bicyclic) bond motifs is 1. The van der Waals surface area contributed by atoms with Crippen LogP contribution in [0.25, 0.3) is 5.65 Å². The molecule has 0 aliphatic rings. The number of rotatable bonds is 10. The predicted molar refractivity (Wildman–Crippen MR) is 122 cm³/mol. The van der Waals surface area contributed by atoms with Crippen LogP contribution in [-0.4, -0.2) is 41.0 Å². The van der Waals surface area contributed by atoms with Gasteiger partial charge in [0, 0.05) is 12.7 Å². The van der Waals surface area contributed by atoms with Gasteiger partial charge in [-0.05, 0) is 56.9 Å². The highest BCUT2D eigenvalue weighted by molar-refractivity contribution is 5.95. The fourth-order valence-electron chi connectivity index (χ4n) is 3.60. The van der Waals surface area contributed by atoms with E-state index in [1.54, 1.807) is 23.6 Å². The third-order valence-electron chi connectivity index (χ3n) is 5.38. The summed E-state index contributed by atoms with van der Waals surface area (Å²) in [6.07, 6.45) is 3.48. The first-order valence-electron chi connectivity index (χ1n) is 10.9. The summed E-state index contributed by atoms with van der Waals surface area (Å²) in [5.41, 5.74) is 7.49. The highest BCUT2D eigenvalue weighted by Crippen LogP contribution is 2.26. The van der Waals surface area contributed by atoms with E-state index in [1.807, 2.05) is 6.92 Å². The summed E-state index contributed by atoms with van der Waals surface area (Å²) in [4.78, 5) is 28.7. The summed E-state index contributed by atoms with van der Waals surface area (Å²) in [7, 11) is 1.29. The van der Waals surface area contributed by atoms with Crippen LogP contribution in [0.1, 0.15) is 46.6 Å². The molecule has 3 aromatic rings. The lowest BCUT2D eigenvalue weighted by Gasteiger charge is -2.11. The van der Waals surface area contributed by atoms with Gasteiger partial charge in [-0.1, -0.05) is 6.07 Å². The number of carbonyl (C=O) groups excluding carboxylic acids is 2. The van der Waals surface area contributed by atoms with E-state index in [1.165, 1.54) is 25.3 Å². The van der Waals surface area contributed by atoms with Crippen molar-refractivity contribution in [3.05, 3.63) is 64.6 Å². The number of hydrogen-bond donors (Lipinski definition) is 2. The molecule has 2 heterocycles. The molecule has 34 heavy (non-hydrogen) atoms. The summed E-state index contributed by atoms with van der Waals surface area (Å²) >= 11 is 0. The number of nitrogens with one attached hydrogen (secondary N) is 1. The summed E-state index contributed by atoms with van der Waals surface area (Å²) in [6, 6.07) is 4.64. The fraction of sp³-hybridized carbons (Fsp3) is 0.375. The third kappa shape index (κ3) is 5.69. The number of methoxy groups -OCH3 is 1. The van der Waals surface area contributed by atoms with Crippen LogP contribution >= 0.6 is 0 Å². The average Bonchev–Trinajstić information content (AvgIpc) is 3.13. The molecule has 0 bridgehead atoms. The number of aromatic nitrogens is 2. The Balaban J connectivity index is 1.70. The van der Waals surface area contributed by atoms with E-state index >= 15 is 0 Å². The maximum Gasteiger partial charge on any atom is 0.322 e. The second-order valence-electron chi connectivity index (χ2n) is 7.99. The van der Waals surface area contributed by atoms with Crippen molar-refractivity contribution in [1.29, 1.82) is 0 Å². The second kappa shape index (κ2) is 11.1.